The van der Waals surface area contributed by atoms with Gasteiger partial charge in [0.2, 0.25) is 11.8 Å². The van der Waals surface area contributed by atoms with Crippen LogP contribution in [0, 0.1) is 6.92 Å². The van der Waals surface area contributed by atoms with E-state index in [-0.39, 0.29) is 25.6 Å². The summed E-state index contributed by atoms with van der Waals surface area (Å²) in [6.07, 6.45) is 5.28. The van der Waals surface area contributed by atoms with Crippen LogP contribution in [0.3, 0.4) is 0 Å². The molecule has 8 nitrogen and oxygen atoms in total. The molecule has 4 rings (SSSR count). The number of nitrogens with zero attached hydrogens (tertiary/aromatic N) is 3. The molecule has 0 saturated heterocycles. The zero-order chi connectivity index (χ0) is 32.6. The zero-order valence-corrected chi connectivity index (χ0v) is 27.4. The normalized spacial score (nSPS) is 12.2. The number of nitrogens with one attached hydrogen (secondary N) is 1. The Labute approximate surface area is 266 Å². The quantitative estimate of drug-likeness (QED) is 0.178. The van der Waals surface area contributed by atoms with Crippen LogP contribution in [0.2, 0.25) is 0 Å². The first-order valence-corrected chi connectivity index (χ1v) is 15.3. The third-order valence-electron chi connectivity index (χ3n) is 7.14. The van der Waals surface area contributed by atoms with Gasteiger partial charge >= 0.3 is 6.09 Å². The molecule has 0 unspecified atom stereocenters. The molecule has 2 amide bonds. The number of fused-ring (bicyclic) bond motifs is 1. The lowest BCUT2D eigenvalue weighted by Gasteiger charge is -2.26. The third-order valence-corrected chi connectivity index (χ3v) is 7.14. The molecule has 0 atom stereocenters. The molecule has 2 aromatic heterocycles. The largest absolute Gasteiger partial charge is 0.476 e. The van der Waals surface area contributed by atoms with Crippen molar-refractivity contribution in [2.45, 2.75) is 46.6 Å². The van der Waals surface area contributed by atoms with Crippen LogP contribution in [0.25, 0.3) is 22.0 Å². The van der Waals surface area contributed by atoms with Crippen LogP contribution in [0.15, 0.2) is 85.1 Å². The van der Waals surface area contributed by atoms with Crippen molar-refractivity contribution in [2.24, 2.45) is 0 Å². The van der Waals surface area contributed by atoms with Crippen LogP contribution in [-0.4, -0.2) is 71.2 Å². The fourth-order valence-electron chi connectivity index (χ4n) is 4.95. The van der Waals surface area contributed by atoms with Crippen molar-refractivity contribution >= 4 is 34.0 Å². The maximum Gasteiger partial charge on any atom is 0.410 e. The van der Waals surface area contributed by atoms with E-state index >= 15 is 0 Å². The van der Waals surface area contributed by atoms with E-state index in [0.717, 1.165) is 34.2 Å². The predicted molar refractivity (Wildman–Crippen MR) is 181 cm³/mol. The summed E-state index contributed by atoms with van der Waals surface area (Å²) in [5.41, 5.74) is 7.11. The lowest BCUT2D eigenvalue weighted by atomic mass is 9.91. The first kappa shape index (κ1) is 33.1. The van der Waals surface area contributed by atoms with Crippen molar-refractivity contribution in [3.05, 3.63) is 107 Å². The lowest BCUT2D eigenvalue weighted by molar-refractivity contribution is -0.123. The molecule has 236 valence electrons. The van der Waals surface area contributed by atoms with Gasteiger partial charge in [0, 0.05) is 66.7 Å². The molecule has 0 radical (unpaired) electrons. The Kier molecular flexibility index (Phi) is 10.8. The summed E-state index contributed by atoms with van der Waals surface area (Å²) in [5.74, 6) is 0.292. The van der Waals surface area contributed by atoms with Crippen LogP contribution in [-0.2, 0) is 9.53 Å². The van der Waals surface area contributed by atoms with E-state index in [0.29, 0.717) is 5.88 Å². The Morgan fingerprint density at radius 1 is 0.978 bits per heavy atom. The number of aryl methyl sites for hydroxylation is 1. The first-order valence-electron chi connectivity index (χ1n) is 15.3. The van der Waals surface area contributed by atoms with Crippen LogP contribution >= 0.6 is 0 Å². The summed E-state index contributed by atoms with van der Waals surface area (Å²) in [6.45, 7) is 10.4. The summed E-state index contributed by atoms with van der Waals surface area (Å²) in [7, 11) is 3.35. The van der Waals surface area contributed by atoms with Gasteiger partial charge in [-0.05, 0) is 63.5 Å². The van der Waals surface area contributed by atoms with E-state index in [1.54, 1.807) is 20.2 Å². The highest BCUT2D eigenvalue weighted by Crippen LogP contribution is 2.35. The van der Waals surface area contributed by atoms with Gasteiger partial charge < -0.3 is 24.3 Å². The smallest absolute Gasteiger partial charge is 0.410 e. The van der Waals surface area contributed by atoms with Gasteiger partial charge in [-0.25, -0.2) is 9.78 Å². The second-order valence-corrected chi connectivity index (χ2v) is 12.1. The topological polar surface area (TPSA) is 87.8 Å². The number of rotatable bonds is 11. The molecule has 1 N–H and O–H groups in total. The number of hydrogen-bond donors (Lipinski definition) is 1. The van der Waals surface area contributed by atoms with E-state index in [9.17, 15) is 9.59 Å². The van der Waals surface area contributed by atoms with Crippen LogP contribution in [0.1, 0.15) is 56.5 Å². The van der Waals surface area contributed by atoms with Crippen molar-refractivity contribution in [2.75, 3.05) is 33.8 Å². The van der Waals surface area contributed by atoms with Crippen LogP contribution in [0.4, 0.5) is 4.79 Å². The molecule has 2 aromatic carbocycles. The number of carbonyl (C=O) groups is 2. The Morgan fingerprint density at radius 3 is 2.40 bits per heavy atom. The molecule has 8 heteroatoms. The highest BCUT2D eigenvalue weighted by atomic mass is 16.6. The first-order chi connectivity index (χ1) is 21.4. The number of H-pyrrole nitrogens is 1. The molecular weight excluding hydrogens is 564 g/mol. The van der Waals surface area contributed by atoms with E-state index in [1.807, 2.05) is 51.2 Å². The fraction of sp³-hybridized carbons (Fsp3) is 0.324. The van der Waals surface area contributed by atoms with E-state index in [4.69, 9.17) is 9.47 Å². The summed E-state index contributed by atoms with van der Waals surface area (Å²) >= 11 is 0. The van der Waals surface area contributed by atoms with Crippen molar-refractivity contribution in [1.82, 2.24) is 19.8 Å². The molecule has 0 saturated carbocycles. The number of carbonyl (C=O) groups excluding carboxylic acids is 2. The molecular formula is C37H44N4O4. The number of likely N-dealkylation sites (N-methyl/N-ethyl adjacent to an activating group) is 1. The van der Waals surface area contributed by atoms with Gasteiger partial charge in [0.25, 0.3) is 0 Å². The summed E-state index contributed by atoms with van der Waals surface area (Å²) < 4.78 is 11.5. The maximum atomic E-state index is 12.9. The number of aromatic amines is 1. The summed E-state index contributed by atoms with van der Waals surface area (Å²) in [4.78, 5) is 36.0. The van der Waals surface area contributed by atoms with Crippen molar-refractivity contribution in [1.29, 1.82) is 0 Å². The summed E-state index contributed by atoms with van der Waals surface area (Å²) in [5, 5.41) is 1.15. The van der Waals surface area contributed by atoms with Gasteiger partial charge in [0.05, 0.1) is 6.54 Å². The highest BCUT2D eigenvalue weighted by Gasteiger charge is 2.22. The minimum atomic E-state index is -0.650. The average molecular weight is 609 g/mol. The molecule has 45 heavy (non-hydrogen) atoms. The molecule has 0 fully saturated rings. The van der Waals surface area contributed by atoms with Crippen molar-refractivity contribution < 1.29 is 19.1 Å². The minimum Gasteiger partial charge on any atom is -0.476 e. The molecule has 0 aliphatic heterocycles. The Bertz CT molecular complexity index is 1640. The van der Waals surface area contributed by atoms with E-state index < -0.39 is 11.7 Å². The number of allylic oxidation sites excluding steroid dienone is 1. The van der Waals surface area contributed by atoms with Crippen molar-refractivity contribution in [3.63, 3.8) is 0 Å². The molecule has 0 bridgehead atoms. The number of ether oxygens (including phenoxy) is 2. The average Bonchev–Trinajstić information content (AvgIpc) is 3.42. The van der Waals surface area contributed by atoms with Gasteiger partial charge in [-0.3, -0.25) is 4.79 Å². The van der Waals surface area contributed by atoms with Gasteiger partial charge in [0.15, 0.2) is 0 Å². The molecule has 0 aliphatic carbocycles. The highest BCUT2D eigenvalue weighted by molar-refractivity contribution is 6.00. The SMILES string of the molecule is CC/C(=C(/c1ccc(OCCN(C/C=C/C(=O)N(C)C)C(=O)OC(C)(C)C)nc1)c1cc2ccccc2[nH]1)c1cccc(C)c1. The molecule has 2 heterocycles. The maximum absolute atomic E-state index is 12.9. The van der Waals surface area contributed by atoms with Crippen LogP contribution in [0.5, 0.6) is 5.88 Å². The predicted octanol–water partition coefficient (Wildman–Crippen LogP) is 7.50. The third kappa shape index (κ3) is 9.08. The Balaban J connectivity index is 1.56. The van der Waals surface area contributed by atoms with E-state index in [2.05, 4.69) is 66.3 Å². The number of para-hydroxylation sites is 1. The van der Waals surface area contributed by atoms with E-state index in [1.165, 1.54) is 32.6 Å². The molecule has 0 aliphatic rings. The Hall–Kier alpha value is -4.85. The van der Waals surface area contributed by atoms with Gasteiger partial charge in [-0.15, -0.1) is 0 Å². The molecule has 0 spiro atoms. The van der Waals surface area contributed by atoms with Crippen LogP contribution < -0.4 is 4.74 Å². The zero-order valence-electron chi connectivity index (χ0n) is 27.4. The monoisotopic (exact) mass is 608 g/mol. The van der Waals surface area contributed by atoms with Gasteiger partial charge in [-0.2, -0.15) is 0 Å². The van der Waals surface area contributed by atoms with Gasteiger partial charge in [-0.1, -0.05) is 61.0 Å². The summed E-state index contributed by atoms with van der Waals surface area (Å²) in [6, 6.07) is 22.9. The van der Waals surface area contributed by atoms with Crippen molar-refractivity contribution in [3.8, 4) is 5.88 Å². The molecule has 4 aromatic rings. The number of amides is 2. The minimum absolute atomic E-state index is 0.158. The number of hydrogen-bond acceptors (Lipinski definition) is 5. The standard InChI is InChI=1S/C37H44N4O4/c1-8-30(27-15-11-13-26(2)23-27)35(32-24-28-14-9-10-16-31(28)39-32)29-18-19-33(38-25-29)44-22-21-41(36(43)45-37(3,4)5)20-12-17-34(42)40(6)7/h9-19,23-25,39H,8,20-22H2,1-7H3/b17-12+,35-30+. The second-order valence-electron chi connectivity index (χ2n) is 12.1. The second kappa shape index (κ2) is 14.8. The fourth-order valence-corrected chi connectivity index (χ4v) is 4.95. The Morgan fingerprint density at radius 2 is 1.76 bits per heavy atom. The van der Waals surface area contributed by atoms with Gasteiger partial charge in [0.1, 0.15) is 12.2 Å². The number of aromatic nitrogens is 2. The number of pyridine rings is 1. The lowest BCUT2D eigenvalue weighted by Crippen LogP contribution is -2.39. The number of benzene rings is 2.